The number of amides is 2. The molecule has 1 saturated heterocycles. The molecule has 2 amide bonds. The number of carbonyl (C=O) groups excluding carboxylic acids is 2. The van der Waals surface area contributed by atoms with E-state index >= 15 is 0 Å². The Hall–Kier alpha value is -3.68. The zero-order chi connectivity index (χ0) is 21.8. The van der Waals surface area contributed by atoms with Gasteiger partial charge >= 0.3 is 0 Å². The summed E-state index contributed by atoms with van der Waals surface area (Å²) in [7, 11) is 1.60. The van der Waals surface area contributed by atoms with E-state index in [4.69, 9.17) is 4.74 Å². The Morgan fingerprint density at radius 3 is 2.29 bits per heavy atom. The fourth-order valence-electron chi connectivity index (χ4n) is 3.56. The van der Waals surface area contributed by atoms with Crippen LogP contribution in [-0.4, -0.2) is 65.1 Å². The summed E-state index contributed by atoms with van der Waals surface area (Å²) in [6.45, 7) is 1.88. The summed E-state index contributed by atoms with van der Waals surface area (Å²) >= 11 is 0. The van der Waals surface area contributed by atoms with Crippen LogP contribution in [0, 0.1) is 5.82 Å². The molecule has 8 heteroatoms. The molecular weight excluding hydrogens is 399 g/mol. The van der Waals surface area contributed by atoms with Crippen molar-refractivity contribution in [1.29, 1.82) is 0 Å². The van der Waals surface area contributed by atoms with Crippen LogP contribution in [0.4, 0.5) is 4.39 Å². The van der Waals surface area contributed by atoms with Crippen molar-refractivity contribution in [3.8, 4) is 17.0 Å². The molecule has 2 heterocycles. The van der Waals surface area contributed by atoms with Crippen molar-refractivity contribution < 1.29 is 18.7 Å². The van der Waals surface area contributed by atoms with E-state index in [0.717, 1.165) is 16.9 Å². The Morgan fingerprint density at radius 1 is 1.00 bits per heavy atom. The molecule has 1 N–H and O–H groups in total. The maximum Gasteiger partial charge on any atom is 0.272 e. The number of hydrogen-bond acceptors (Lipinski definition) is 4. The van der Waals surface area contributed by atoms with E-state index in [2.05, 4.69) is 10.2 Å². The van der Waals surface area contributed by atoms with E-state index in [1.54, 1.807) is 35.1 Å². The van der Waals surface area contributed by atoms with Gasteiger partial charge in [-0.25, -0.2) is 4.39 Å². The van der Waals surface area contributed by atoms with Crippen LogP contribution in [-0.2, 0) is 11.2 Å². The van der Waals surface area contributed by atoms with E-state index in [-0.39, 0.29) is 17.6 Å². The third-order valence-corrected chi connectivity index (χ3v) is 5.38. The minimum absolute atomic E-state index is 0.0393. The van der Waals surface area contributed by atoms with Gasteiger partial charge in [0.25, 0.3) is 5.91 Å². The number of ether oxygens (including phenoxy) is 1. The molecule has 31 heavy (non-hydrogen) atoms. The largest absolute Gasteiger partial charge is 0.497 e. The summed E-state index contributed by atoms with van der Waals surface area (Å²) in [5.74, 6) is 0.306. The highest BCUT2D eigenvalue weighted by molar-refractivity contribution is 5.93. The molecular formula is C23H23FN4O3. The maximum absolute atomic E-state index is 13.1. The number of aromatic nitrogens is 2. The third-order valence-electron chi connectivity index (χ3n) is 5.38. The number of nitrogens with one attached hydrogen (secondary N) is 1. The highest BCUT2D eigenvalue weighted by Gasteiger charge is 2.26. The first kappa shape index (κ1) is 20.6. The van der Waals surface area contributed by atoms with Crippen LogP contribution >= 0.6 is 0 Å². The molecule has 0 radical (unpaired) electrons. The predicted molar refractivity (Wildman–Crippen MR) is 113 cm³/mol. The first-order chi connectivity index (χ1) is 15.0. The zero-order valence-electron chi connectivity index (χ0n) is 17.2. The van der Waals surface area contributed by atoms with Crippen LogP contribution < -0.4 is 4.74 Å². The molecule has 0 atom stereocenters. The lowest BCUT2D eigenvalue weighted by molar-refractivity contribution is -0.131. The Morgan fingerprint density at radius 2 is 1.65 bits per heavy atom. The smallest absolute Gasteiger partial charge is 0.272 e. The molecule has 2 aromatic carbocycles. The van der Waals surface area contributed by atoms with E-state index in [0.29, 0.717) is 44.0 Å². The van der Waals surface area contributed by atoms with Crippen molar-refractivity contribution in [2.24, 2.45) is 0 Å². The predicted octanol–water partition coefficient (Wildman–Crippen LogP) is 2.75. The van der Waals surface area contributed by atoms with Gasteiger partial charge in [-0.1, -0.05) is 12.1 Å². The molecule has 1 aliphatic heterocycles. The lowest BCUT2D eigenvalue weighted by Gasteiger charge is -2.34. The number of aromatic amines is 1. The highest BCUT2D eigenvalue weighted by Crippen LogP contribution is 2.19. The monoisotopic (exact) mass is 422 g/mol. The van der Waals surface area contributed by atoms with Gasteiger partial charge in [0.2, 0.25) is 5.91 Å². The minimum Gasteiger partial charge on any atom is -0.497 e. The van der Waals surface area contributed by atoms with Gasteiger partial charge in [0.1, 0.15) is 17.3 Å². The first-order valence-electron chi connectivity index (χ1n) is 10.0. The minimum atomic E-state index is -0.324. The van der Waals surface area contributed by atoms with Gasteiger partial charge in [-0.05, 0) is 48.0 Å². The number of piperazine rings is 1. The van der Waals surface area contributed by atoms with E-state index in [1.807, 2.05) is 24.3 Å². The van der Waals surface area contributed by atoms with Crippen LogP contribution in [0.5, 0.6) is 5.75 Å². The SMILES string of the molecule is COc1ccc(CC(=O)N2CCN(C(=O)c3cc(-c4ccc(F)cc4)n[nH]3)CC2)cc1. The van der Waals surface area contributed by atoms with Crippen LogP contribution in [0.2, 0.25) is 0 Å². The number of carbonyl (C=O) groups is 2. The second kappa shape index (κ2) is 8.99. The average Bonchev–Trinajstić information content (AvgIpc) is 3.30. The number of hydrogen-bond donors (Lipinski definition) is 1. The van der Waals surface area contributed by atoms with Crippen molar-refractivity contribution in [2.45, 2.75) is 6.42 Å². The van der Waals surface area contributed by atoms with Crippen LogP contribution in [0.25, 0.3) is 11.3 Å². The van der Waals surface area contributed by atoms with E-state index < -0.39 is 0 Å². The molecule has 3 aromatic rings. The summed E-state index contributed by atoms with van der Waals surface area (Å²) < 4.78 is 18.2. The molecule has 0 unspecified atom stereocenters. The van der Waals surface area contributed by atoms with E-state index in [9.17, 15) is 14.0 Å². The molecule has 160 valence electrons. The van der Waals surface area contributed by atoms with Crippen LogP contribution in [0.1, 0.15) is 16.1 Å². The van der Waals surface area contributed by atoms with Crippen molar-refractivity contribution in [3.63, 3.8) is 0 Å². The van der Waals surface area contributed by atoms with Gasteiger partial charge in [0.05, 0.1) is 19.2 Å². The summed E-state index contributed by atoms with van der Waals surface area (Å²) in [6.07, 6.45) is 0.319. The highest BCUT2D eigenvalue weighted by atomic mass is 19.1. The fourth-order valence-corrected chi connectivity index (χ4v) is 3.56. The molecule has 1 fully saturated rings. The maximum atomic E-state index is 13.1. The van der Waals surface area contributed by atoms with Gasteiger partial charge < -0.3 is 14.5 Å². The molecule has 1 aromatic heterocycles. The average molecular weight is 422 g/mol. The Balaban J connectivity index is 1.32. The Bertz CT molecular complexity index is 1060. The number of benzene rings is 2. The summed E-state index contributed by atoms with van der Waals surface area (Å²) in [5.41, 5.74) is 2.61. The molecule has 0 saturated carbocycles. The summed E-state index contributed by atoms with van der Waals surface area (Å²) in [4.78, 5) is 28.9. The quantitative estimate of drug-likeness (QED) is 0.686. The van der Waals surface area contributed by atoms with Gasteiger partial charge in [0, 0.05) is 31.7 Å². The van der Waals surface area contributed by atoms with Crippen molar-refractivity contribution >= 4 is 11.8 Å². The molecule has 0 spiro atoms. The number of rotatable bonds is 5. The van der Waals surface area contributed by atoms with Crippen LogP contribution in [0.15, 0.2) is 54.6 Å². The van der Waals surface area contributed by atoms with Gasteiger partial charge in [-0.3, -0.25) is 14.7 Å². The second-order valence-electron chi connectivity index (χ2n) is 7.37. The number of halogens is 1. The normalized spacial score (nSPS) is 13.9. The van der Waals surface area contributed by atoms with Crippen LogP contribution in [0.3, 0.4) is 0 Å². The molecule has 7 nitrogen and oxygen atoms in total. The Labute approximate surface area is 179 Å². The number of methoxy groups -OCH3 is 1. The summed E-state index contributed by atoms with van der Waals surface area (Å²) in [6, 6.07) is 15.0. The third kappa shape index (κ3) is 4.74. The zero-order valence-corrected chi connectivity index (χ0v) is 17.2. The number of H-pyrrole nitrogens is 1. The lowest BCUT2D eigenvalue weighted by Crippen LogP contribution is -2.51. The molecule has 1 aliphatic rings. The summed E-state index contributed by atoms with van der Waals surface area (Å²) in [5, 5.41) is 6.93. The van der Waals surface area contributed by atoms with Gasteiger partial charge in [-0.15, -0.1) is 0 Å². The Kier molecular flexibility index (Phi) is 5.97. The topological polar surface area (TPSA) is 78.5 Å². The van der Waals surface area contributed by atoms with Gasteiger partial charge in [-0.2, -0.15) is 5.10 Å². The van der Waals surface area contributed by atoms with Gasteiger partial charge in [0.15, 0.2) is 0 Å². The van der Waals surface area contributed by atoms with Crippen molar-refractivity contribution in [1.82, 2.24) is 20.0 Å². The lowest BCUT2D eigenvalue weighted by atomic mass is 10.1. The second-order valence-corrected chi connectivity index (χ2v) is 7.37. The van der Waals surface area contributed by atoms with Crippen molar-refractivity contribution in [3.05, 3.63) is 71.7 Å². The standard InChI is InChI=1S/C23H23FN4O3/c1-31-19-8-2-16(3-9-19)14-22(29)27-10-12-28(13-11-27)23(30)21-15-20(25-26-21)17-4-6-18(24)7-5-17/h2-9,15H,10-14H2,1H3,(H,25,26). The molecule has 4 rings (SSSR count). The molecule has 0 aliphatic carbocycles. The van der Waals surface area contributed by atoms with E-state index in [1.165, 1.54) is 12.1 Å². The molecule has 0 bridgehead atoms. The fraction of sp³-hybridized carbons (Fsp3) is 0.261. The first-order valence-corrected chi connectivity index (χ1v) is 10.0. The van der Waals surface area contributed by atoms with Crippen molar-refractivity contribution in [2.75, 3.05) is 33.3 Å². The number of nitrogens with zero attached hydrogens (tertiary/aromatic N) is 3.